The third-order valence-electron chi connectivity index (χ3n) is 4.06. The number of carbonyl (C=O) groups is 1. The van der Waals surface area contributed by atoms with Crippen molar-refractivity contribution >= 4 is 28.9 Å². The maximum absolute atomic E-state index is 12.0. The molecule has 2 aromatic heterocycles. The van der Waals surface area contributed by atoms with Gasteiger partial charge in [-0.15, -0.1) is 0 Å². The molecule has 2 N–H and O–H groups in total. The van der Waals surface area contributed by atoms with Gasteiger partial charge in [0, 0.05) is 17.9 Å². The van der Waals surface area contributed by atoms with Crippen molar-refractivity contribution in [2.75, 3.05) is 12.4 Å². The number of allylic oxidation sites excluding steroid dienone is 4. The normalized spacial score (nSPS) is 18.8. The van der Waals surface area contributed by atoms with E-state index < -0.39 is 0 Å². The van der Waals surface area contributed by atoms with Crippen LogP contribution in [0.25, 0.3) is 5.57 Å². The molecule has 0 bridgehead atoms. The quantitative estimate of drug-likeness (QED) is 0.908. The fourth-order valence-corrected chi connectivity index (χ4v) is 3.10. The summed E-state index contributed by atoms with van der Waals surface area (Å²) >= 11 is 6.22. The summed E-state index contributed by atoms with van der Waals surface area (Å²) in [6.45, 7) is 0. The van der Waals surface area contributed by atoms with Crippen molar-refractivity contribution < 1.29 is 9.53 Å². The van der Waals surface area contributed by atoms with Crippen LogP contribution in [0.15, 0.2) is 30.5 Å². The molecule has 0 fully saturated rings. The Bertz CT molecular complexity index is 869. The van der Waals surface area contributed by atoms with Gasteiger partial charge in [-0.25, -0.2) is 0 Å². The Morgan fingerprint density at radius 3 is 2.91 bits per heavy atom. The summed E-state index contributed by atoms with van der Waals surface area (Å²) in [5.41, 5.74) is 3.62. The number of nitrogens with one attached hydrogen (secondary N) is 2. The van der Waals surface area contributed by atoms with Crippen molar-refractivity contribution in [2.45, 2.75) is 12.3 Å². The highest BCUT2D eigenvalue weighted by Crippen LogP contribution is 2.41. The van der Waals surface area contributed by atoms with Crippen LogP contribution in [0.2, 0.25) is 5.02 Å². The molecular formula is C16H13ClN4O2. The molecule has 116 valence electrons. The SMILES string of the molecule is COc1cnc(C2CC(=O)Nc3n[nH]c(C4=CC=C4)c32)cc1Cl. The van der Waals surface area contributed by atoms with Crippen LogP contribution in [0.4, 0.5) is 5.82 Å². The van der Waals surface area contributed by atoms with Crippen molar-refractivity contribution in [3.63, 3.8) is 0 Å². The number of hydrogen-bond acceptors (Lipinski definition) is 4. The zero-order chi connectivity index (χ0) is 16.0. The number of nitrogens with zero attached hydrogens (tertiary/aromatic N) is 2. The number of fused-ring (bicyclic) bond motifs is 1. The molecule has 2 aliphatic rings. The first-order chi connectivity index (χ1) is 11.2. The lowest BCUT2D eigenvalue weighted by Gasteiger charge is -2.23. The Morgan fingerprint density at radius 1 is 1.43 bits per heavy atom. The zero-order valence-corrected chi connectivity index (χ0v) is 13.0. The van der Waals surface area contributed by atoms with E-state index in [4.69, 9.17) is 16.3 Å². The second-order valence-electron chi connectivity index (χ2n) is 5.39. The average molecular weight is 329 g/mol. The Hall–Kier alpha value is -2.60. The number of pyridine rings is 1. The predicted molar refractivity (Wildman–Crippen MR) is 86.6 cm³/mol. The molecule has 1 aliphatic heterocycles. The standard InChI is InChI=1S/C16H13ClN4O2/c1-23-12-7-18-11(6-10(12)17)9-5-13(22)19-16-14(9)15(20-21-16)8-3-2-4-8/h2-4,6-7,9H,5H2,1H3,(H2,19,20,21,22). The lowest BCUT2D eigenvalue weighted by atomic mass is 9.86. The molecule has 1 unspecified atom stereocenters. The average Bonchev–Trinajstić information content (AvgIpc) is 2.88. The van der Waals surface area contributed by atoms with E-state index in [1.807, 2.05) is 18.2 Å². The fourth-order valence-electron chi connectivity index (χ4n) is 2.86. The van der Waals surface area contributed by atoms with Gasteiger partial charge in [-0.05, 0) is 11.6 Å². The smallest absolute Gasteiger partial charge is 0.226 e. The molecule has 1 atom stereocenters. The second kappa shape index (κ2) is 5.24. The highest BCUT2D eigenvalue weighted by atomic mass is 35.5. The number of carbonyl (C=O) groups excluding carboxylic acids is 1. The molecule has 0 saturated carbocycles. The van der Waals surface area contributed by atoms with Crippen LogP contribution in [-0.2, 0) is 4.79 Å². The van der Waals surface area contributed by atoms with Crippen molar-refractivity contribution in [2.24, 2.45) is 0 Å². The monoisotopic (exact) mass is 328 g/mol. The molecule has 4 rings (SSSR count). The van der Waals surface area contributed by atoms with Crippen LogP contribution >= 0.6 is 11.6 Å². The van der Waals surface area contributed by atoms with Crippen LogP contribution in [0.3, 0.4) is 0 Å². The summed E-state index contributed by atoms with van der Waals surface area (Å²) in [4.78, 5) is 16.4. The summed E-state index contributed by atoms with van der Waals surface area (Å²) in [6, 6.07) is 1.75. The topological polar surface area (TPSA) is 79.9 Å². The Labute approximate surface area is 137 Å². The molecule has 0 aromatic carbocycles. The van der Waals surface area contributed by atoms with Gasteiger partial charge in [0.1, 0.15) is 0 Å². The van der Waals surface area contributed by atoms with E-state index in [-0.39, 0.29) is 11.8 Å². The number of halogens is 1. The van der Waals surface area contributed by atoms with Gasteiger partial charge in [0.05, 0.1) is 29.7 Å². The Morgan fingerprint density at radius 2 is 2.26 bits per heavy atom. The highest BCUT2D eigenvalue weighted by molar-refractivity contribution is 6.32. The molecule has 6 nitrogen and oxygen atoms in total. The number of aromatic nitrogens is 3. The lowest BCUT2D eigenvalue weighted by Crippen LogP contribution is -2.24. The van der Waals surface area contributed by atoms with Crippen LogP contribution < -0.4 is 10.1 Å². The number of rotatable bonds is 3. The van der Waals surface area contributed by atoms with E-state index in [0.29, 0.717) is 23.0 Å². The number of ether oxygens (including phenoxy) is 1. The first kappa shape index (κ1) is 14.0. The molecule has 0 spiro atoms. The lowest BCUT2D eigenvalue weighted by molar-refractivity contribution is -0.116. The van der Waals surface area contributed by atoms with Crippen molar-refractivity contribution in [1.29, 1.82) is 0 Å². The second-order valence-corrected chi connectivity index (χ2v) is 5.80. The summed E-state index contributed by atoms with van der Waals surface area (Å²) < 4.78 is 5.14. The minimum atomic E-state index is -0.203. The molecule has 7 heteroatoms. The number of anilines is 1. The summed E-state index contributed by atoms with van der Waals surface area (Å²) in [5.74, 6) is 0.766. The molecule has 0 saturated heterocycles. The highest BCUT2D eigenvalue weighted by Gasteiger charge is 2.33. The van der Waals surface area contributed by atoms with Crippen molar-refractivity contribution in [3.05, 3.63) is 52.5 Å². The van der Waals surface area contributed by atoms with Crippen LogP contribution in [0, 0.1) is 0 Å². The maximum Gasteiger partial charge on any atom is 0.226 e. The van der Waals surface area contributed by atoms with Gasteiger partial charge in [-0.3, -0.25) is 14.9 Å². The predicted octanol–water partition coefficient (Wildman–Crippen LogP) is 2.89. The molecular weight excluding hydrogens is 316 g/mol. The summed E-state index contributed by atoms with van der Waals surface area (Å²) in [6.07, 6.45) is 7.82. The van der Waals surface area contributed by atoms with E-state index in [1.165, 1.54) is 7.11 Å². The van der Waals surface area contributed by atoms with Crippen LogP contribution in [0.1, 0.15) is 29.3 Å². The van der Waals surface area contributed by atoms with E-state index in [0.717, 1.165) is 22.5 Å². The Kier molecular flexibility index (Phi) is 3.20. The van der Waals surface area contributed by atoms with Crippen LogP contribution in [-0.4, -0.2) is 28.2 Å². The van der Waals surface area contributed by atoms with Crippen molar-refractivity contribution in [3.8, 4) is 5.75 Å². The minimum Gasteiger partial charge on any atom is -0.494 e. The van der Waals surface area contributed by atoms with E-state index >= 15 is 0 Å². The minimum absolute atomic E-state index is 0.0904. The van der Waals surface area contributed by atoms with Gasteiger partial charge in [-0.1, -0.05) is 29.8 Å². The van der Waals surface area contributed by atoms with Gasteiger partial charge in [0.25, 0.3) is 0 Å². The first-order valence-corrected chi connectivity index (χ1v) is 7.51. The van der Waals surface area contributed by atoms with Gasteiger partial charge >= 0.3 is 0 Å². The first-order valence-electron chi connectivity index (χ1n) is 7.13. The van der Waals surface area contributed by atoms with Gasteiger partial charge in [0.15, 0.2) is 11.6 Å². The number of aromatic amines is 1. The Balaban J connectivity index is 1.82. The summed E-state index contributed by atoms with van der Waals surface area (Å²) in [7, 11) is 1.54. The van der Waals surface area contributed by atoms with E-state index in [2.05, 4.69) is 20.5 Å². The molecule has 23 heavy (non-hydrogen) atoms. The number of amides is 1. The largest absolute Gasteiger partial charge is 0.494 e. The van der Waals surface area contributed by atoms with Gasteiger partial charge in [0.2, 0.25) is 5.91 Å². The summed E-state index contributed by atoms with van der Waals surface area (Å²) in [5, 5.41) is 10.5. The molecule has 0 radical (unpaired) electrons. The van der Waals surface area contributed by atoms with Gasteiger partial charge < -0.3 is 10.1 Å². The van der Waals surface area contributed by atoms with Crippen molar-refractivity contribution in [1.82, 2.24) is 15.2 Å². The third kappa shape index (κ3) is 2.22. The third-order valence-corrected chi connectivity index (χ3v) is 4.35. The molecule has 2 aromatic rings. The van der Waals surface area contributed by atoms with Gasteiger partial charge in [-0.2, -0.15) is 5.10 Å². The van der Waals surface area contributed by atoms with E-state index in [1.54, 1.807) is 12.3 Å². The zero-order valence-electron chi connectivity index (χ0n) is 12.3. The van der Waals surface area contributed by atoms with E-state index in [9.17, 15) is 4.79 Å². The number of hydrogen-bond donors (Lipinski definition) is 2. The number of H-pyrrole nitrogens is 1. The molecule has 1 amide bonds. The van der Waals surface area contributed by atoms with Crippen LogP contribution in [0.5, 0.6) is 5.75 Å². The molecule has 3 heterocycles. The molecule has 1 aliphatic carbocycles. The fraction of sp³-hybridized carbons (Fsp3) is 0.188. The maximum atomic E-state index is 12.0. The number of methoxy groups -OCH3 is 1.